The Kier molecular flexibility index (Phi) is 4.09. The molecule has 3 N–H and O–H groups in total. The van der Waals surface area contributed by atoms with Gasteiger partial charge in [0, 0.05) is 23.2 Å². The minimum absolute atomic E-state index is 0.0636. The second kappa shape index (κ2) is 7.04. The molecule has 0 spiro atoms. The van der Waals surface area contributed by atoms with E-state index in [-0.39, 0.29) is 44.4 Å². The lowest BCUT2D eigenvalue weighted by molar-refractivity contribution is 0.0689. The Bertz CT molecular complexity index is 1910. The van der Waals surface area contributed by atoms with E-state index >= 15 is 4.39 Å². The maximum absolute atomic E-state index is 15.1. The van der Waals surface area contributed by atoms with E-state index in [1.165, 1.54) is 41.3 Å². The highest BCUT2D eigenvalue weighted by atomic mass is 19.1. The molecule has 4 heterocycles. The van der Waals surface area contributed by atoms with E-state index in [4.69, 9.17) is 4.42 Å². The van der Waals surface area contributed by atoms with Crippen LogP contribution in [0.1, 0.15) is 10.5 Å². The molecule has 0 fully saturated rings. The molecule has 166 valence electrons. The van der Waals surface area contributed by atoms with Gasteiger partial charge in [0.05, 0.1) is 39.3 Å². The number of para-hydroxylation sites is 1. The third-order valence-electron chi connectivity index (χ3n) is 5.88. The molecule has 0 bridgehead atoms. The van der Waals surface area contributed by atoms with E-state index in [0.717, 1.165) is 0 Å². The van der Waals surface area contributed by atoms with Crippen molar-refractivity contribution in [3.05, 3.63) is 99.3 Å². The van der Waals surface area contributed by atoms with Gasteiger partial charge in [0.25, 0.3) is 11.1 Å². The molecule has 34 heavy (non-hydrogen) atoms. The highest BCUT2D eigenvalue weighted by Crippen LogP contribution is 2.42. The quantitative estimate of drug-likeness (QED) is 0.365. The number of nitrogens with one attached hydrogen (secondary N) is 2. The average Bonchev–Trinajstić information content (AvgIpc) is 3.42. The summed E-state index contributed by atoms with van der Waals surface area (Å²) in [5.74, 6) is -1.99. The maximum atomic E-state index is 15.1. The molecule has 0 aliphatic carbocycles. The summed E-state index contributed by atoms with van der Waals surface area (Å²) in [5, 5.41) is 11.3. The number of furan rings is 1. The third-order valence-corrected chi connectivity index (χ3v) is 5.88. The molecule has 0 amide bonds. The second-order valence-electron chi connectivity index (χ2n) is 7.76. The maximum Gasteiger partial charge on any atom is 0.353 e. The van der Waals surface area contributed by atoms with Crippen molar-refractivity contribution in [3.8, 4) is 16.8 Å². The first-order valence-electron chi connectivity index (χ1n) is 10.2. The van der Waals surface area contributed by atoms with E-state index < -0.39 is 22.9 Å². The number of benzene rings is 2. The highest BCUT2D eigenvalue weighted by molar-refractivity contribution is 6.18. The minimum atomic E-state index is -1.36. The fourth-order valence-corrected chi connectivity index (χ4v) is 4.55. The van der Waals surface area contributed by atoms with Gasteiger partial charge in [-0.1, -0.05) is 18.2 Å². The molecule has 2 aromatic carbocycles. The van der Waals surface area contributed by atoms with Crippen molar-refractivity contribution in [2.24, 2.45) is 0 Å². The van der Waals surface area contributed by atoms with Crippen LogP contribution in [0.15, 0.2) is 81.1 Å². The summed E-state index contributed by atoms with van der Waals surface area (Å²) in [6.07, 6.45) is 2.73. The third kappa shape index (κ3) is 2.67. The van der Waals surface area contributed by atoms with Crippen LogP contribution in [0.25, 0.3) is 49.6 Å². The minimum Gasteiger partial charge on any atom is -0.477 e. The molecular weight excluding hydrogens is 441 g/mol. The van der Waals surface area contributed by atoms with Gasteiger partial charge in [0.2, 0.25) is 0 Å². The van der Waals surface area contributed by atoms with E-state index in [1.54, 1.807) is 30.3 Å². The van der Waals surface area contributed by atoms with Crippen LogP contribution in [0.3, 0.4) is 0 Å². The molecule has 0 saturated carbocycles. The van der Waals surface area contributed by atoms with E-state index in [1.807, 2.05) is 0 Å². The number of hydrogen-bond acceptors (Lipinski definition) is 4. The highest BCUT2D eigenvalue weighted by Gasteiger charge is 2.30. The van der Waals surface area contributed by atoms with Crippen LogP contribution in [-0.4, -0.2) is 25.6 Å². The van der Waals surface area contributed by atoms with Crippen molar-refractivity contribution in [2.45, 2.75) is 0 Å². The van der Waals surface area contributed by atoms with Gasteiger partial charge < -0.3 is 24.1 Å². The van der Waals surface area contributed by atoms with Crippen LogP contribution < -0.4 is 11.1 Å². The summed E-state index contributed by atoms with van der Waals surface area (Å²) in [4.78, 5) is 43.3. The molecule has 4 aromatic heterocycles. The number of nitrogens with zero attached hydrogens (tertiary/aromatic N) is 1. The van der Waals surface area contributed by atoms with Crippen LogP contribution in [-0.2, 0) is 0 Å². The van der Waals surface area contributed by atoms with E-state index in [2.05, 4.69) is 9.97 Å². The van der Waals surface area contributed by atoms with Crippen molar-refractivity contribution in [1.82, 2.24) is 14.5 Å². The van der Waals surface area contributed by atoms with Crippen LogP contribution in [0.4, 0.5) is 4.39 Å². The van der Waals surface area contributed by atoms with Gasteiger partial charge >= 0.3 is 5.97 Å². The number of aromatic nitrogens is 3. The molecule has 0 aliphatic rings. The van der Waals surface area contributed by atoms with Gasteiger partial charge in [-0.15, -0.1) is 0 Å². The number of halogens is 1. The van der Waals surface area contributed by atoms with E-state index in [0.29, 0.717) is 10.9 Å². The normalized spacial score (nSPS) is 11.6. The van der Waals surface area contributed by atoms with Gasteiger partial charge in [0.1, 0.15) is 17.1 Å². The second-order valence-corrected chi connectivity index (χ2v) is 7.76. The molecule has 6 aromatic rings. The van der Waals surface area contributed by atoms with Gasteiger partial charge in [-0.25, -0.2) is 9.18 Å². The Morgan fingerprint density at radius 2 is 1.85 bits per heavy atom. The molecule has 8 nitrogen and oxygen atoms in total. The first-order valence-corrected chi connectivity index (χ1v) is 10.2. The Morgan fingerprint density at radius 3 is 2.65 bits per heavy atom. The van der Waals surface area contributed by atoms with Crippen molar-refractivity contribution >= 4 is 38.7 Å². The first-order chi connectivity index (χ1) is 16.5. The predicted octanol–water partition coefficient (Wildman–Crippen LogP) is 4.41. The Balaban J connectivity index is 1.94. The molecule has 0 radical (unpaired) electrons. The number of aromatic amines is 2. The lowest BCUT2D eigenvalue weighted by atomic mass is 10.0. The molecule has 9 heteroatoms. The number of hydrogen-bond donors (Lipinski definition) is 3. The molecule has 0 unspecified atom stereocenters. The summed E-state index contributed by atoms with van der Waals surface area (Å²) in [5.41, 5.74) is -0.210. The summed E-state index contributed by atoms with van der Waals surface area (Å²) >= 11 is 0. The SMILES string of the molecule is O=C(O)c1c(-c2ccc[nH]c2=O)c2c3occc3c(F)cc2n1-c1cc(=O)[nH]c2ccccc12. The molecule has 0 saturated heterocycles. The number of carboxylic acid groups (broad SMARTS) is 1. The zero-order chi connectivity index (χ0) is 23.6. The Morgan fingerprint density at radius 1 is 1.03 bits per heavy atom. The molecule has 6 rings (SSSR count). The van der Waals surface area contributed by atoms with Gasteiger partial charge in [-0.05, 0) is 30.3 Å². The number of fused-ring (bicyclic) bond motifs is 4. The first kappa shape index (κ1) is 19.7. The zero-order valence-corrected chi connectivity index (χ0v) is 17.3. The number of carbonyl (C=O) groups is 1. The van der Waals surface area contributed by atoms with Gasteiger partial charge in [-0.2, -0.15) is 0 Å². The number of pyridine rings is 2. The standard InChI is InChI=1S/C25H14FN3O5/c26-15-10-18-21(23-12(15)7-9-34-23)20(14-5-3-8-27-24(14)31)22(25(32)33)29(18)17-11-19(30)28-16-6-2-1-4-13(16)17/h1-11H,(H,27,31)(H,28,30)(H,32,33). The summed E-state index contributed by atoms with van der Waals surface area (Å²) in [7, 11) is 0. The average molecular weight is 455 g/mol. The van der Waals surface area contributed by atoms with Gasteiger partial charge in [-0.3, -0.25) is 9.59 Å². The molecule has 0 atom stereocenters. The van der Waals surface area contributed by atoms with Crippen molar-refractivity contribution in [2.75, 3.05) is 0 Å². The van der Waals surface area contributed by atoms with Gasteiger partial charge in [0.15, 0.2) is 0 Å². The number of rotatable bonds is 3. The van der Waals surface area contributed by atoms with Crippen LogP contribution in [0.5, 0.6) is 0 Å². The lowest BCUT2D eigenvalue weighted by Gasteiger charge is -2.12. The summed E-state index contributed by atoms with van der Waals surface area (Å²) in [6.45, 7) is 0. The topological polar surface area (TPSA) is 121 Å². The Hall–Kier alpha value is -4.92. The van der Waals surface area contributed by atoms with Crippen LogP contribution in [0, 0.1) is 5.82 Å². The van der Waals surface area contributed by atoms with Crippen LogP contribution >= 0.6 is 0 Å². The molecule has 0 aliphatic heterocycles. The largest absolute Gasteiger partial charge is 0.477 e. The van der Waals surface area contributed by atoms with Crippen molar-refractivity contribution < 1.29 is 18.7 Å². The fraction of sp³-hybridized carbons (Fsp3) is 0. The lowest BCUT2D eigenvalue weighted by Crippen LogP contribution is -2.14. The predicted molar refractivity (Wildman–Crippen MR) is 124 cm³/mol. The number of H-pyrrole nitrogens is 2. The van der Waals surface area contributed by atoms with E-state index in [9.17, 15) is 19.5 Å². The number of aromatic carboxylic acids is 1. The summed E-state index contributed by atoms with van der Waals surface area (Å²) in [6, 6.07) is 13.8. The Labute approximate surface area is 188 Å². The van der Waals surface area contributed by atoms with Crippen LogP contribution in [0.2, 0.25) is 0 Å². The number of carboxylic acids is 1. The monoisotopic (exact) mass is 455 g/mol. The van der Waals surface area contributed by atoms with Crippen molar-refractivity contribution in [1.29, 1.82) is 0 Å². The summed E-state index contributed by atoms with van der Waals surface area (Å²) < 4.78 is 22.0. The zero-order valence-electron chi connectivity index (χ0n) is 17.3. The molecular formula is C25H14FN3O5. The van der Waals surface area contributed by atoms with Crippen molar-refractivity contribution in [3.63, 3.8) is 0 Å². The fourth-order valence-electron chi connectivity index (χ4n) is 4.55. The smallest absolute Gasteiger partial charge is 0.353 e.